The molecule has 26 heavy (non-hydrogen) atoms. The van der Waals surface area contributed by atoms with Crippen LogP contribution >= 0.6 is 11.6 Å². The van der Waals surface area contributed by atoms with E-state index in [1.165, 1.54) is 7.11 Å². The van der Waals surface area contributed by atoms with Gasteiger partial charge in [0.1, 0.15) is 10.7 Å². The SMILES string of the molecule is COc1ccc(NC2=NS(=O)(=O)C(c3ccc(Cl)cc3)=C2C)cc1OC. The van der Waals surface area contributed by atoms with Crippen LogP contribution < -0.4 is 14.8 Å². The lowest BCUT2D eigenvalue weighted by molar-refractivity contribution is 0.355. The first kappa shape index (κ1) is 18.3. The van der Waals surface area contributed by atoms with Gasteiger partial charge < -0.3 is 14.8 Å². The highest BCUT2D eigenvalue weighted by atomic mass is 35.5. The fraction of sp³-hybridized carbons (Fsp3) is 0.167. The van der Waals surface area contributed by atoms with Crippen molar-refractivity contribution >= 4 is 38.1 Å². The molecular formula is C18H17ClN2O4S. The van der Waals surface area contributed by atoms with Crippen LogP contribution in [0.15, 0.2) is 52.4 Å². The quantitative estimate of drug-likeness (QED) is 0.852. The minimum absolute atomic E-state index is 0.164. The van der Waals surface area contributed by atoms with Crippen molar-refractivity contribution in [3.63, 3.8) is 0 Å². The minimum atomic E-state index is -3.79. The fourth-order valence-electron chi connectivity index (χ4n) is 2.67. The van der Waals surface area contributed by atoms with Gasteiger partial charge in [0.05, 0.1) is 14.2 Å². The smallest absolute Gasteiger partial charge is 0.285 e. The number of ether oxygens (including phenoxy) is 2. The van der Waals surface area contributed by atoms with Crippen molar-refractivity contribution in [2.45, 2.75) is 6.92 Å². The van der Waals surface area contributed by atoms with Gasteiger partial charge in [0, 0.05) is 22.3 Å². The number of sulfonamides is 1. The van der Waals surface area contributed by atoms with Gasteiger partial charge in [-0.2, -0.15) is 8.42 Å². The number of halogens is 1. The second-order valence-electron chi connectivity index (χ2n) is 5.57. The summed E-state index contributed by atoms with van der Waals surface area (Å²) in [5.74, 6) is 1.37. The van der Waals surface area contributed by atoms with Crippen LogP contribution in [0.25, 0.3) is 4.91 Å². The number of benzene rings is 2. The third-order valence-corrected chi connectivity index (χ3v) is 5.65. The van der Waals surface area contributed by atoms with Crippen molar-refractivity contribution in [3.8, 4) is 11.5 Å². The van der Waals surface area contributed by atoms with Crippen LogP contribution in [-0.2, 0) is 10.0 Å². The van der Waals surface area contributed by atoms with Crippen molar-refractivity contribution in [3.05, 3.63) is 58.6 Å². The number of methoxy groups -OCH3 is 2. The monoisotopic (exact) mass is 392 g/mol. The lowest BCUT2D eigenvalue weighted by Crippen LogP contribution is -2.11. The number of hydrogen-bond acceptors (Lipinski definition) is 5. The minimum Gasteiger partial charge on any atom is -0.493 e. The Kier molecular flexibility index (Phi) is 4.93. The van der Waals surface area contributed by atoms with Crippen molar-refractivity contribution in [1.29, 1.82) is 0 Å². The van der Waals surface area contributed by atoms with Crippen LogP contribution in [0.5, 0.6) is 11.5 Å². The Balaban J connectivity index is 1.98. The van der Waals surface area contributed by atoms with E-state index in [-0.39, 0.29) is 10.7 Å². The van der Waals surface area contributed by atoms with Crippen LogP contribution in [0.2, 0.25) is 5.02 Å². The first-order valence-corrected chi connectivity index (χ1v) is 9.48. The molecule has 0 unspecified atom stereocenters. The van der Waals surface area contributed by atoms with Gasteiger partial charge in [-0.1, -0.05) is 23.7 Å². The molecule has 6 nitrogen and oxygen atoms in total. The van der Waals surface area contributed by atoms with Gasteiger partial charge in [-0.3, -0.25) is 0 Å². The molecule has 3 rings (SSSR count). The van der Waals surface area contributed by atoms with Gasteiger partial charge in [0.15, 0.2) is 11.5 Å². The van der Waals surface area contributed by atoms with Crippen LogP contribution in [-0.4, -0.2) is 28.5 Å². The molecule has 1 aliphatic heterocycles. The molecule has 2 aromatic carbocycles. The maximum absolute atomic E-state index is 12.5. The van der Waals surface area contributed by atoms with E-state index in [4.69, 9.17) is 21.1 Å². The van der Waals surface area contributed by atoms with E-state index >= 15 is 0 Å². The van der Waals surface area contributed by atoms with Gasteiger partial charge in [0.2, 0.25) is 0 Å². The molecule has 0 spiro atoms. The normalized spacial score (nSPS) is 15.6. The third-order valence-electron chi connectivity index (χ3n) is 3.92. The second-order valence-corrected chi connectivity index (χ2v) is 7.55. The maximum Gasteiger partial charge on any atom is 0.285 e. The highest BCUT2D eigenvalue weighted by molar-refractivity contribution is 8.00. The summed E-state index contributed by atoms with van der Waals surface area (Å²) in [5.41, 5.74) is 1.70. The Morgan fingerprint density at radius 2 is 1.65 bits per heavy atom. The summed E-state index contributed by atoms with van der Waals surface area (Å²) >= 11 is 5.89. The number of amidine groups is 1. The third kappa shape index (κ3) is 3.40. The van der Waals surface area contributed by atoms with Crippen molar-refractivity contribution in [1.82, 2.24) is 0 Å². The standard InChI is InChI=1S/C18H17ClN2O4S/c1-11-17(12-4-6-13(19)7-5-12)26(22,23)21-18(11)20-14-8-9-15(24-2)16(10-14)25-3/h4-10H,1-3H3,(H,20,21). The predicted molar refractivity (Wildman–Crippen MR) is 104 cm³/mol. The van der Waals surface area contributed by atoms with Gasteiger partial charge in [-0.15, -0.1) is 4.40 Å². The number of anilines is 1. The van der Waals surface area contributed by atoms with Crippen LogP contribution in [0.3, 0.4) is 0 Å². The molecular weight excluding hydrogens is 376 g/mol. The highest BCUT2D eigenvalue weighted by Gasteiger charge is 2.31. The molecule has 0 radical (unpaired) electrons. The van der Waals surface area contributed by atoms with Crippen LogP contribution in [0, 0.1) is 0 Å². The largest absolute Gasteiger partial charge is 0.493 e. The maximum atomic E-state index is 12.5. The summed E-state index contributed by atoms with van der Waals surface area (Å²) in [7, 11) is -0.718. The van der Waals surface area contributed by atoms with Crippen molar-refractivity contribution < 1.29 is 17.9 Å². The molecule has 2 aromatic rings. The number of rotatable bonds is 4. The van der Waals surface area contributed by atoms with Crippen LogP contribution in [0.1, 0.15) is 12.5 Å². The second kappa shape index (κ2) is 7.01. The number of nitrogens with one attached hydrogen (secondary N) is 1. The lowest BCUT2D eigenvalue weighted by Gasteiger charge is -2.11. The zero-order chi connectivity index (χ0) is 18.9. The molecule has 0 aromatic heterocycles. The first-order chi connectivity index (χ1) is 12.4. The van der Waals surface area contributed by atoms with Gasteiger partial charge in [-0.25, -0.2) is 0 Å². The summed E-state index contributed by atoms with van der Waals surface area (Å²) in [6.45, 7) is 1.71. The van der Waals surface area contributed by atoms with Gasteiger partial charge in [0.25, 0.3) is 10.0 Å². The summed E-state index contributed by atoms with van der Waals surface area (Å²) < 4.78 is 39.4. The van der Waals surface area contributed by atoms with E-state index in [1.807, 2.05) is 0 Å². The molecule has 0 atom stereocenters. The molecule has 8 heteroatoms. The Morgan fingerprint density at radius 1 is 1.00 bits per heavy atom. The fourth-order valence-corrected chi connectivity index (χ4v) is 4.23. The van der Waals surface area contributed by atoms with E-state index in [1.54, 1.807) is 56.5 Å². The Labute approximate surface area is 157 Å². The molecule has 0 saturated heterocycles. The summed E-state index contributed by atoms with van der Waals surface area (Å²) in [5, 5.41) is 3.57. The van der Waals surface area contributed by atoms with E-state index in [9.17, 15) is 8.42 Å². The number of hydrogen-bond donors (Lipinski definition) is 1. The average Bonchev–Trinajstić information content (AvgIpc) is 2.84. The van der Waals surface area contributed by atoms with Gasteiger partial charge >= 0.3 is 0 Å². The van der Waals surface area contributed by atoms with E-state index in [2.05, 4.69) is 9.71 Å². The summed E-state index contributed by atoms with van der Waals surface area (Å²) in [6, 6.07) is 11.8. The highest BCUT2D eigenvalue weighted by Crippen LogP contribution is 2.35. The summed E-state index contributed by atoms with van der Waals surface area (Å²) in [4.78, 5) is 0.164. The van der Waals surface area contributed by atoms with Crippen LogP contribution in [0.4, 0.5) is 5.69 Å². The molecule has 1 N–H and O–H groups in total. The van der Waals surface area contributed by atoms with E-state index < -0.39 is 10.0 Å². The molecule has 0 saturated carbocycles. The zero-order valence-corrected chi connectivity index (χ0v) is 16.0. The molecule has 0 amide bonds. The zero-order valence-electron chi connectivity index (χ0n) is 14.4. The first-order valence-electron chi connectivity index (χ1n) is 7.67. The Bertz CT molecular complexity index is 1010. The van der Waals surface area contributed by atoms with Crippen molar-refractivity contribution in [2.75, 3.05) is 19.5 Å². The molecule has 1 heterocycles. The summed E-state index contributed by atoms with van der Waals surface area (Å²) in [6.07, 6.45) is 0. The molecule has 0 bridgehead atoms. The topological polar surface area (TPSA) is 77.0 Å². The lowest BCUT2D eigenvalue weighted by atomic mass is 10.1. The molecule has 1 aliphatic rings. The Morgan fingerprint density at radius 3 is 2.27 bits per heavy atom. The predicted octanol–water partition coefficient (Wildman–Crippen LogP) is 3.94. The van der Waals surface area contributed by atoms with Crippen molar-refractivity contribution in [2.24, 2.45) is 4.40 Å². The van der Waals surface area contributed by atoms with E-state index in [0.29, 0.717) is 33.3 Å². The average molecular weight is 393 g/mol. The van der Waals surface area contributed by atoms with E-state index in [0.717, 1.165) is 0 Å². The molecule has 0 aliphatic carbocycles. The Hall–Kier alpha value is -2.51. The molecule has 0 fully saturated rings. The van der Waals surface area contributed by atoms with Gasteiger partial charge in [-0.05, 0) is 36.8 Å². The number of nitrogens with zero attached hydrogens (tertiary/aromatic N) is 1. The molecule has 136 valence electrons.